The van der Waals surface area contributed by atoms with Crippen molar-refractivity contribution in [2.45, 2.75) is 37.8 Å². The van der Waals surface area contributed by atoms with Gasteiger partial charge in [0.1, 0.15) is 5.82 Å². The van der Waals surface area contributed by atoms with Gasteiger partial charge in [0.05, 0.1) is 18.9 Å². The van der Waals surface area contributed by atoms with Gasteiger partial charge in [0.25, 0.3) is 0 Å². The summed E-state index contributed by atoms with van der Waals surface area (Å²) in [4.78, 5) is 2.29. The number of rotatable bonds is 5. The van der Waals surface area contributed by atoms with Crippen LogP contribution in [0.2, 0.25) is 0 Å². The summed E-state index contributed by atoms with van der Waals surface area (Å²) in [6.45, 7) is 2.55. The van der Waals surface area contributed by atoms with Gasteiger partial charge in [-0.1, -0.05) is 0 Å². The number of anilines is 1. The third-order valence-corrected chi connectivity index (χ3v) is 6.90. The molecular formula is C22H25F3N4O. The molecule has 3 aliphatic rings. The van der Waals surface area contributed by atoms with Crippen molar-refractivity contribution in [2.24, 2.45) is 23.5 Å². The lowest BCUT2D eigenvalue weighted by atomic mass is 9.88. The molecule has 5 rings (SSSR count). The SMILES string of the molecule is N[C@H]1C[C@@H]2CN(c3ccc(-c4cc(F)cc(F)c4F)nn3)[C@@H](CCC3COC3)[C@H]2C1. The number of nitrogens with zero attached hydrogens (tertiary/aromatic N) is 3. The first kappa shape index (κ1) is 19.8. The van der Waals surface area contributed by atoms with Crippen LogP contribution in [0.15, 0.2) is 24.3 Å². The Balaban J connectivity index is 1.38. The number of benzene rings is 1. The molecule has 30 heavy (non-hydrogen) atoms. The van der Waals surface area contributed by atoms with Gasteiger partial charge in [-0.3, -0.25) is 0 Å². The van der Waals surface area contributed by atoms with Crippen LogP contribution in [0.4, 0.5) is 19.0 Å². The van der Waals surface area contributed by atoms with E-state index in [1.165, 1.54) is 0 Å². The molecule has 2 aromatic rings. The monoisotopic (exact) mass is 418 g/mol. The fraction of sp³-hybridized carbons (Fsp3) is 0.545. The maximum atomic E-state index is 14.1. The van der Waals surface area contributed by atoms with Gasteiger partial charge < -0.3 is 15.4 Å². The smallest absolute Gasteiger partial charge is 0.168 e. The van der Waals surface area contributed by atoms with Gasteiger partial charge >= 0.3 is 0 Å². The first-order valence-corrected chi connectivity index (χ1v) is 10.6. The van der Waals surface area contributed by atoms with Crippen molar-refractivity contribution in [1.82, 2.24) is 10.2 Å². The van der Waals surface area contributed by atoms with Gasteiger partial charge in [-0.05, 0) is 55.7 Å². The molecule has 0 radical (unpaired) electrons. The Labute approximate surface area is 173 Å². The van der Waals surface area contributed by atoms with E-state index >= 15 is 0 Å². The molecule has 2 N–H and O–H groups in total. The van der Waals surface area contributed by atoms with Crippen molar-refractivity contribution in [2.75, 3.05) is 24.7 Å². The van der Waals surface area contributed by atoms with Crippen molar-refractivity contribution in [3.05, 3.63) is 41.7 Å². The molecule has 3 heterocycles. The Morgan fingerprint density at radius 3 is 2.60 bits per heavy atom. The summed E-state index contributed by atoms with van der Waals surface area (Å²) >= 11 is 0. The summed E-state index contributed by atoms with van der Waals surface area (Å²) in [5.74, 6) is -0.785. The second-order valence-corrected chi connectivity index (χ2v) is 8.88. The average molecular weight is 418 g/mol. The summed E-state index contributed by atoms with van der Waals surface area (Å²) in [5.41, 5.74) is 6.11. The third-order valence-electron chi connectivity index (χ3n) is 6.90. The fourth-order valence-corrected chi connectivity index (χ4v) is 5.36. The molecule has 2 saturated heterocycles. The highest BCUT2D eigenvalue weighted by Crippen LogP contribution is 2.45. The molecule has 1 aromatic heterocycles. The van der Waals surface area contributed by atoms with Crippen LogP contribution < -0.4 is 10.6 Å². The van der Waals surface area contributed by atoms with Gasteiger partial charge in [-0.2, -0.15) is 0 Å². The number of ether oxygens (including phenoxy) is 1. The van der Waals surface area contributed by atoms with Crippen molar-refractivity contribution < 1.29 is 17.9 Å². The van der Waals surface area contributed by atoms with E-state index in [1.54, 1.807) is 12.1 Å². The minimum atomic E-state index is -1.24. The summed E-state index contributed by atoms with van der Waals surface area (Å²) in [6, 6.07) is 5.41. The Bertz CT molecular complexity index is 921. The molecule has 3 fully saturated rings. The second kappa shape index (κ2) is 7.81. The Hall–Kier alpha value is -2.19. The van der Waals surface area contributed by atoms with Crippen LogP contribution in [-0.2, 0) is 4.74 Å². The van der Waals surface area contributed by atoms with E-state index < -0.39 is 17.5 Å². The standard InChI is InChI=1S/C22H25F3N4O/c23-14-6-17(22(25)18(24)7-14)19-2-4-21(28-27-19)29-9-13-5-15(26)8-16(13)20(29)3-1-12-10-30-11-12/h2,4,6-7,12-13,15-16,20H,1,3,5,8-11,26H2/t13-,15+,16+,20+/m1/s1. The van der Waals surface area contributed by atoms with Crippen molar-refractivity contribution >= 4 is 5.82 Å². The van der Waals surface area contributed by atoms with Crippen LogP contribution in [0.3, 0.4) is 0 Å². The molecule has 5 nitrogen and oxygen atoms in total. The highest BCUT2D eigenvalue weighted by Gasteiger charge is 2.47. The van der Waals surface area contributed by atoms with Gasteiger partial charge in [0.15, 0.2) is 17.5 Å². The molecule has 8 heteroatoms. The van der Waals surface area contributed by atoms with Crippen LogP contribution in [0.25, 0.3) is 11.3 Å². The lowest BCUT2D eigenvalue weighted by Crippen LogP contribution is -2.37. The van der Waals surface area contributed by atoms with Crippen molar-refractivity contribution in [1.29, 1.82) is 0 Å². The van der Waals surface area contributed by atoms with Crippen molar-refractivity contribution in [3.8, 4) is 11.3 Å². The number of nitrogens with two attached hydrogens (primary N) is 1. The quantitative estimate of drug-likeness (QED) is 0.753. The van der Waals surface area contributed by atoms with E-state index in [4.69, 9.17) is 10.5 Å². The van der Waals surface area contributed by atoms with Crippen LogP contribution in [0.5, 0.6) is 0 Å². The average Bonchev–Trinajstić information content (AvgIpc) is 3.20. The predicted octanol–water partition coefficient (Wildman–Crippen LogP) is 3.53. The minimum absolute atomic E-state index is 0.110. The fourth-order valence-electron chi connectivity index (χ4n) is 5.36. The Morgan fingerprint density at radius 2 is 1.90 bits per heavy atom. The molecule has 1 saturated carbocycles. The van der Waals surface area contributed by atoms with Crippen LogP contribution >= 0.6 is 0 Å². The highest BCUT2D eigenvalue weighted by atomic mass is 19.2. The first-order valence-electron chi connectivity index (χ1n) is 10.6. The molecule has 0 bridgehead atoms. The zero-order chi connectivity index (χ0) is 20.8. The third kappa shape index (κ3) is 3.56. The highest BCUT2D eigenvalue weighted by molar-refractivity contribution is 5.61. The molecule has 0 amide bonds. The molecule has 0 unspecified atom stereocenters. The zero-order valence-corrected chi connectivity index (χ0v) is 16.6. The minimum Gasteiger partial charge on any atom is -0.381 e. The van der Waals surface area contributed by atoms with E-state index in [0.29, 0.717) is 35.7 Å². The van der Waals surface area contributed by atoms with Gasteiger partial charge in [0.2, 0.25) is 0 Å². The van der Waals surface area contributed by atoms with Gasteiger partial charge in [0, 0.05) is 36.2 Å². The van der Waals surface area contributed by atoms with Gasteiger partial charge in [-0.25, -0.2) is 13.2 Å². The molecule has 1 aromatic carbocycles. The zero-order valence-electron chi connectivity index (χ0n) is 16.6. The van der Waals surface area contributed by atoms with Gasteiger partial charge in [-0.15, -0.1) is 10.2 Å². The van der Waals surface area contributed by atoms with E-state index in [9.17, 15) is 13.2 Å². The topological polar surface area (TPSA) is 64.3 Å². The Kier molecular flexibility index (Phi) is 5.14. The second-order valence-electron chi connectivity index (χ2n) is 8.88. The molecular weight excluding hydrogens is 393 g/mol. The number of halogens is 3. The van der Waals surface area contributed by atoms with Crippen LogP contribution in [0.1, 0.15) is 25.7 Å². The maximum absolute atomic E-state index is 14.1. The lowest BCUT2D eigenvalue weighted by molar-refractivity contribution is -0.0372. The first-order chi connectivity index (χ1) is 14.5. The predicted molar refractivity (Wildman–Crippen MR) is 106 cm³/mol. The molecule has 4 atom stereocenters. The summed E-state index contributed by atoms with van der Waals surface area (Å²) in [5, 5.41) is 8.40. The number of hydrogen-bond donors (Lipinski definition) is 1. The summed E-state index contributed by atoms with van der Waals surface area (Å²) in [7, 11) is 0. The molecule has 0 spiro atoms. The Morgan fingerprint density at radius 1 is 1.07 bits per heavy atom. The maximum Gasteiger partial charge on any atom is 0.168 e. The molecule has 2 aliphatic heterocycles. The van der Waals surface area contributed by atoms with E-state index in [2.05, 4.69) is 15.1 Å². The van der Waals surface area contributed by atoms with Crippen LogP contribution in [-0.4, -0.2) is 42.0 Å². The summed E-state index contributed by atoms with van der Waals surface area (Å²) in [6.07, 6.45) is 4.20. The number of aromatic nitrogens is 2. The molecule has 160 valence electrons. The van der Waals surface area contributed by atoms with E-state index in [-0.39, 0.29) is 17.3 Å². The van der Waals surface area contributed by atoms with Crippen LogP contribution in [0, 0.1) is 35.2 Å². The van der Waals surface area contributed by atoms with E-state index in [1.807, 2.05) is 0 Å². The normalized spacial score (nSPS) is 28.6. The van der Waals surface area contributed by atoms with Crippen molar-refractivity contribution in [3.63, 3.8) is 0 Å². The lowest BCUT2D eigenvalue weighted by Gasteiger charge is -2.32. The number of fused-ring (bicyclic) bond motifs is 1. The summed E-state index contributed by atoms with van der Waals surface area (Å²) < 4.78 is 46.5. The van der Waals surface area contributed by atoms with E-state index in [0.717, 1.165) is 51.5 Å². The number of hydrogen-bond acceptors (Lipinski definition) is 5. The largest absolute Gasteiger partial charge is 0.381 e. The molecule has 1 aliphatic carbocycles.